The Bertz CT molecular complexity index is 403. The van der Waals surface area contributed by atoms with E-state index in [0.29, 0.717) is 0 Å². The lowest BCUT2D eigenvalue weighted by molar-refractivity contribution is -0.366. The molecule has 8 nitrogen and oxygen atoms in total. The minimum Gasteiger partial charge on any atom is -0.388 e. The second kappa shape index (κ2) is 7.96. The molecule has 0 saturated carbocycles. The monoisotopic (exact) mass is 390 g/mol. The zero-order valence-electron chi connectivity index (χ0n) is 12.0. The molecule has 9 atom stereocenters. The Balaban J connectivity index is 2.18. The Morgan fingerprint density at radius 3 is 1.91 bits per heavy atom. The Kier molecular flexibility index (Phi) is 6.93. The maximum Gasteiger partial charge on any atom is 0.209 e. The van der Waals surface area contributed by atoms with Crippen LogP contribution in [-0.4, -0.2) is 97.6 Å². The molecule has 136 valence electrons. The van der Waals surface area contributed by atoms with Crippen LogP contribution in [0.15, 0.2) is 0 Å². The average Bonchev–Trinajstić information content (AvgIpc) is 2.80. The van der Waals surface area contributed by atoms with Gasteiger partial charge in [0.1, 0.15) is 30.5 Å². The molecule has 0 aliphatic carbocycles. The largest absolute Gasteiger partial charge is 0.388 e. The topological polar surface area (TPSA) is 129 Å². The number of aliphatic hydroxyl groups excluding tert-OH is 5. The number of ether oxygens (including phenoxy) is 3. The van der Waals surface area contributed by atoms with Crippen molar-refractivity contribution in [1.29, 1.82) is 0 Å². The highest BCUT2D eigenvalue weighted by molar-refractivity contribution is 7.80. The molecule has 0 spiro atoms. The van der Waals surface area contributed by atoms with E-state index < -0.39 is 54.8 Å². The summed E-state index contributed by atoms with van der Waals surface area (Å²) < 4.78 is 16.5. The summed E-state index contributed by atoms with van der Waals surface area (Å²) in [5.41, 5.74) is 0. The van der Waals surface area contributed by atoms with Crippen LogP contribution in [-0.2, 0) is 14.2 Å². The maximum absolute atomic E-state index is 10.2. The summed E-state index contributed by atoms with van der Waals surface area (Å²) in [4.78, 5) is 0. The van der Waals surface area contributed by atoms with E-state index in [1.807, 2.05) is 0 Å². The minimum absolute atomic E-state index is 0.0734. The average molecular weight is 391 g/mol. The molecule has 2 rings (SSSR count). The molecule has 23 heavy (non-hydrogen) atoms. The van der Waals surface area contributed by atoms with Crippen molar-refractivity contribution in [3.63, 3.8) is 0 Å². The van der Waals surface area contributed by atoms with Crippen molar-refractivity contribution in [3.05, 3.63) is 0 Å². The van der Waals surface area contributed by atoms with Crippen LogP contribution in [0.5, 0.6) is 0 Å². The van der Waals surface area contributed by atoms with E-state index in [-0.39, 0.29) is 17.3 Å². The lowest BCUT2D eigenvalue weighted by Crippen LogP contribution is -2.62. The quantitative estimate of drug-likeness (QED) is 0.240. The van der Waals surface area contributed by atoms with Gasteiger partial charge in [0.05, 0.1) is 12.2 Å². The van der Waals surface area contributed by atoms with Gasteiger partial charge in [-0.2, -0.15) is 37.9 Å². The molecule has 0 radical (unpaired) electrons. The second-order valence-corrected chi connectivity index (χ2v) is 6.61. The third-order valence-corrected chi connectivity index (χ3v) is 5.23. The first kappa shape index (κ1) is 20.0. The van der Waals surface area contributed by atoms with Gasteiger partial charge in [0.2, 0.25) is 5.79 Å². The maximum atomic E-state index is 10.2. The second-order valence-electron chi connectivity index (χ2n) is 5.56. The van der Waals surface area contributed by atoms with Gasteiger partial charge in [-0.05, 0) is 0 Å². The van der Waals surface area contributed by atoms with Crippen molar-refractivity contribution in [2.24, 2.45) is 0 Å². The summed E-state index contributed by atoms with van der Waals surface area (Å²) >= 11 is 12.1. The number of rotatable bonds is 5. The molecular formula is C12H22O8S3. The number of hydrogen-bond donors (Lipinski definition) is 8. The smallest absolute Gasteiger partial charge is 0.209 e. The van der Waals surface area contributed by atoms with Crippen LogP contribution in [0.25, 0.3) is 0 Å². The van der Waals surface area contributed by atoms with Gasteiger partial charge >= 0.3 is 0 Å². The minimum atomic E-state index is -1.75. The summed E-state index contributed by atoms with van der Waals surface area (Å²) in [7, 11) is 0. The Morgan fingerprint density at radius 2 is 1.43 bits per heavy atom. The highest BCUT2D eigenvalue weighted by Gasteiger charge is 2.57. The van der Waals surface area contributed by atoms with E-state index in [4.69, 9.17) is 14.2 Å². The van der Waals surface area contributed by atoms with Gasteiger partial charge in [-0.15, -0.1) is 0 Å². The van der Waals surface area contributed by atoms with Crippen molar-refractivity contribution in [2.75, 3.05) is 17.3 Å². The molecule has 4 unspecified atom stereocenters. The fourth-order valence-electron chi connectivity index (χ4n) is 2.63. The van der Waals surface area contributed by atoms with Gasteiger partial charge in [-0.1, -0.05) is 0 Å². The third kappa shape index (κ3) is 3.65. The first-order valence-electron chi connectivity index (χ1n) is 7.05. The molecule has 2 saturated heterocycles. The van der Waals surface area contributed by atoms with E-state index in [1.165, 1.54) is 0 Å². The Hall–Kier alpha value is 0.730. The third-order valence-electron chi connectivity index (χ3n) is 4.07. The highest BCUT2D eigenvalue weighted by Crippen LogP contribution is 2.37. The number of hydrogen-bond acceptors (Lipinski definition) is 11. The molecule has 0 aromatic carbocycles. The van der Waals surface area contributed by atoms with E-state index >= 15 is 0 Å². The van der Waals surface area contributed by atoms with Crippen molar-refractivity contribution < 1.29 is 39.7 Å². The van der Waals surface area contributed by atoms with E-state index in [1.54, 1.807) is 0 Å². The summed E-state index contributed by atoms with van der Waals surface area (Å²) in [6, 6.07) is 0. The molecule has 11 heteroatoms. The van der Waals surface area contributed by atoms with Gasteiger partial charge < -0.3 is 39.7 Å². The van der Waals surface area contributed by atoms with Gasteiger partial charge in [-0.3, -0.25) is 0 Å². The van der Waals surface area contributed by atoms with Crippen molar-refractivity contribution >= 4 is 37.9 Å². The van der Waals surface area contributed by atoms with Crippen LogP contribution in [0, 0.1) is 0 Å². The summed E-state index contributed by atoms with van der Waals surface area (Å²) in [5.74, 6) is -1.69. The van der Waals surface area contributed by atoms with Gasteiger partial charge in [-0.25, -0.2) is 0 Å². The van der Waals surface area contributed by atoms with Crippen molar-refractivity contribution in [2.45, 2.75) is 54.8 Å². The SMILES string of the molecule is OC1C(O)[C@H](O)C(CS)O[C@@H]1OC1(CS)O[C@H](CS)[C@@H](O)[C@@H]1O. The number of thiol groups is 3. The fourth-order valence-corrected chi connectivity index (χ4v) is 3.56. The molecule has 2 heterocycles. The van der Waals surface area contributed by atoms with Gasteiger partial charge in [0.25, 0.3) is 0 Å². The zero-order chi connectivity index (χ0) is 17.4. The lowest BCUT2D eigenvalue weighted by atomic mass is 9.99. The Labute approximate surface area is 150 Å². The van der Waals surface area contributed by atoms with Crippen LogP contribution >= 0.6 is 37.9 Å². The molecule has 0 bridgehead atoms. The first-order valence-corrected chi connectivity index (χ1v) is 8.95. The summed E-state index contributed by atoms with van der Waals surface area (Å²) in [6.45, 7) is 0. The highest BCUT2D eigenvalue weighted by atomic mass is 32.1. The molecule has 0 aromatic heterocycles. The predicted molar refractivity (Wildman–Crippen MR) is 88.9 cm³/mol. The standard InChI is InChI=1S/C12H22O8S3/c13-6-4(1-21)18-11(9(16)8(6)15)20-12(3-23)10(17)7(14)5(2-22)19-12/h4-11,13-17,21-23H,1-3H2/t4?,5-,6-,7-,8?,9?,10+,11-,12?/m1/s1. The molecule has 2 fully saturated rings. The number of aliphatic hydroxyl groups is 5. The predicted octanol–water partition coefficient (Wildman–Crippen LogP) is -2.58. The molecule has 5 N–H and O–H groups in total. The van der Waals surface area contributed by atoms with Crippen LogP contribution in [0.3, 0.4) is 0 Å². The molecular weight excluding hydrogens is 368 g/mol. The van der Waals surface area contributed by atoms with E-state index in [2.05, 4.69) is 37.9 Å². The zero-order valence-corrected chi connectivity index (χ0v) is 14.7. The van der Waals surface area contributed by atoms with Gasteiger partial charge in [0.15, 0.2) is 6.29 Å². The van der Waals surface area contributed by atoms with E-state index in [0.717, 1.165) is 0 Å². The van der Waals surface area contributed by atoms with Crippen molar-refractivity contribution in [3.8, 4) is 0 Å². The molecule has 2 aliphatic rings. The normalized spacial score (nSPS) is 51.1. The molecule has 0 aromatic rings. The van der Waals surface area contributed by atoms with Crippen molar-refractivity contribution in [1.82, 2.24) is 0 Å². The van der Waals surface area contributed by atoms with E-state index in [9.17, 15) is 25.5 Å². The lowest BCUT2D eigenvalue weighted by Gasteiger charge is -2.43. The van der Waals surface area contributed by atoms with Crippen LogP contribution in [0.2, 0.25) is 0 Å². The summed E-state index contributed by atoms with van der Waals surface area (Å²) in [6.07, 6.45) is -10.2. The summed E-state index contributed by atoms with van der Waals surface area (Å²) in [5, 5.41) is 49.9. The molecule has 0 amide bonds. The first-order chi connectivity index (χ1) is 10.8. The van der Waals surface area contributed by atoms with Crippen LogP contribution in [0.4, 0.5) is 0 Å². The molecule has 2 aliphatic heterocycles. The fraction of sp³-hybridized carbons (Fsp3) is 1.00. The van der Waals surface area contributed by atoms with Crippen LogP contribution in [0.1, 0.15) is 0 Å². The van der Waals surface area contributed by atoms with Gasteiger partial charge in [0, 0.05) is 17.3 Å². The Morgan fingerprint density at radius 1 is 0.826 bits per heavy atom. The van der Waals surface area contributed by atoms with Crippen LogP contribution < -0.4 is 0 Å².